The maximum atomic E-state index is 14.0. The Labute approximate surface area is 261 Å². The van der Waals surface area contributed by atoms with E-state index in [1.165, 1.54) is 0 Å². The number of aliphatic hydroxyl groups is 1. The number of para-hydroxylation sites is 3. The van der Waals surface area contributed by atoms with E-state index in [4.69, 9.17) is 28.5 Å². The van der Waals surface area contributed by atoms with E-state index in [9.17, 15) is 9.59 Å². The molecule has 0 aliphatic carbocycles. The summed E-state index contributed by atoms with van der Waals surface area (Å²) in [5, 5.41) is 9.89. The monoisotopic (exact) mass is 619 g/mol. The standard InChI is InChI=1S/C34H41N3O8/c1-2-43-33-25(13-17-41-19-20-42-18-16-38)26(27-22-44-30-10-6-3-7-24(27)30)21-31(45-33)32(39)36-14-11-23(12-15-36)37-29-9-5-4-8-28(29)35-34(37)40/h3-10,21-23,25-26,33,38H,2,11-20H2,1H3,(H,35,40)/t25-,26+,33-/m1/s1. The Morgan fingerprint density at radius 3 is 2.58 bits per heavy atom. The fraction of sp³-hybridized carbons (Fsp3) is 0.471. The molecule has 4 heterocycles. The van der Waals surface area contributed by atoms with Crippen molar-refractivity contribution >= 4 is 27.9 Å². The van der Waals surface area contributed by atoms with E-state index >= 15 is 0 Å². The number of furan rings is 1. The highest BCUT2D eigenvalue weighted by molar-refractivity contribution is 5.92. The molecule has 4 aromatic rings. The van der Waals surface area contributed by atoms with Crippen molar-refractivity contribution in [3.63, 3.8) is 0 Å². The van der Waals surface area contributed by atoms with Crippen molar-refractivity contribution in [2.45, 2.75) is 44.4 Å². The summed E-state index contributed by atoms with van der Waals surface area (Å²) in [7, 11) is 0. The van der Waals surface area contributed by atoms with Crippen LogP contribution < -0.4 is 5.69 Å². The summed E-state index contributed by atoms with van der Waals surface area (Å²) in [5.41, 5.74) is 3.32. The van der Waals surface area contributed by atoms with Crippen LogP contribution in [0, 0.1) is 5.92 Å². The summed E-state index contributed by atoms with van der Waals surface area (Å²) >= 11 is 0. The Morgan fingerprint density at radius 2 is 1.78 bits per heavy atom. The second-order valence-corrected chi connectivity index (χ2v) is 11.4. The van der Waals surface area contributed by atoms with E-state index < -0.39 is 6.29 Å². The number of amides is 1. The van der Waals surface area contributed by atoms with Crippen molar-refractivity contribution in [2.24, 2.45) is 5.92 Å². The van der Waals surface area contributed by atoms with Gasteiger partial charge in [0.2, 0.25) is 6.29 Å². The van der Waals surface area contributed by atoms with Gasteiger partial charge in [-0.15, -0.1) is 0 Å². The lowest BCUT2D eigenvalue weighted by Gasteiger charge is -2.39. The first kappa shape index (κ1) is 31.1. The van der Waals surface area contributed by atoms with Crippen LogP contribution in [-0.2, 0) is 23.7 Å². The number of aromatic nitrogens is 2. The topological polar surface area (TPSA) is 128 Å². The lowest BCUT2D eigenvalue weighted by Crippen LogP contribution is -2.44. The number of allylic oxidation sites excluding steroid dienone is 1. The van der Waals surface area contributed by atoms with Crippen LogP contribution in [0.2, 0.25) is 0 Å². The number of ether oxygens (including phenoxy) is 4. The number of carbonyl (C=O) groups is 1. The van der Waals surface area contributed by atoms with Gasteiger partial charge in [0.15, 0.2) is 5.76 Å². The lowest BCUT2D eigenvalue weighted by atomic mass is 9.81. The molecular weight excluding hydrogens is 578 g/mol. The van der Waals surface area contributed by atoms with E-state index in [1.807, 2.05) is 71.0 Å². The van der Waals surface area contributed by atoms with Crippen molar-refractivity contribution in [2.75, 3.05) is 52.7 Å². The van der Waals surface area contributed by atoms with Gasteiger partial charge in [-0.25, -0.2) is 4.79 Å². The molecule has 45 heavy (non-hydrogen) atoms. The number of nitrogens with zero attached hydrogens (tertiary/aromatic N) is 2. The minimum Gasteiger partial charge on any atom is -0.464 e. The smallest absolute Gasteiger partial charge is 0.326 e. The molecule has 1 saturated heterocycles. The third kappa shape index (κ3) is 6.72. The van der Waals surface area contributed by atoms with Crippen molar-refractivity contribution < 1.29 is 33.3 Å². The number of imidazole rings is 1. The summed E-state index contributed by atoms with van der Waals surface area (Å²) in [4.78, 5) is 31.5. The second kappa shape index (κ2) is 14.5. The Bertz CT molecular complexity index is 1660. The van der Waals surface area contributed by atoms with Gasteiger partial charge >= 0.3 is 5.69 Å². The van der Waals surface area contributed by atoms with E-state index in [-0.39, 0.29) is 48.4 Å². The Morgan fingerprint density at radius 1 is 1.02 bits per heavy atom. The molecule has 1 amide bonds. The number of carbonyl (C=O) groups excluding carboxylic acids is 1. The van der Waals surface area contributed by atoms with Crippen LogP contribution in [-0.4, -0.2) is 84.5 Å². The van der Waals surface area contributed by atoms with E-state index in [0.717, 1.165) is 27.6 Å². The van der Waals surface area contributed by atoms with Gasteiger partial charge < -0.3 is 38.4 Å². The number of benzene rings is 2. The molecule has 240 valence electrons. The van der Waals surface area contributed by atoms with Gasteiger partial charge in [0.1, 0.15) is 5.58 Å². The SMILES string of the molecule is CCO[C@@H]1OC(C(=O)N2CCC(n3c(=O)[nH]c4ccccc43)CC2)=C[C@H](c2coc3ccccc23)[C@H]1CCOCCOCCO. The summed E-state index contributed by atoms with van der Waals surface area (Å²) in [6.45, 7) is 4.85. The van der Waals surface area contributed by atoms with Crippen LogP contribution in [0.25, 0.3) is 22.0 Å². The number of nitrogens with one attached hydrogen (secondary N) is 1. The number of rotatable bonds is 13. The number of aromatic amines is 1. The lowest BCUT2D eigenvalue weighted by molar-refractivity contribution is -0.172. The van der Waals surface area contributed by atoms with Crippen molar-refractivity contribution in [1.82, 2.24) is 14.5 Å². The second-order valence-electron chi connectivity index (χ2n) is 11.4. The number of fused-ring (bicyclic) bond motifs is 2. The van der Waals surface area contributed by atoms with Crippen molar-refractivity contribution in [3.05, 3.63) is 82.7 Å². The summed E-state index contributed by atoms with van der Waals surface area (Å²) in [6, 6.07) is 15.6. The number of hydrogen-bond donors (Lipinski definition) is 2. The molecule has 0 saturated carbocycles. The molecule has 3 atom stereocenters. The molecule has 0 radical (unpaired) electrons. The third-order valence-corrected chi connectivity index (χ3v) is 8.74. The molecule has 2 aliphatic rings. The number of hydrogen-bond acceptors (Lipinski definition) is 8. The number of piperidine rings is 1. The molecule has 2 N–H and O–H groups in total. The van der Waals surface area contributed by atoms with Gasteiger partial charge in [0.25, 0.3) is 5.91 Å². The molecule has 0 unspecified atom stereocenters. The Hall–Kier alpha value is -3.90. The van der Waals surface area contributed by atoms with Gasteiger partial charge in [-0.05, 0) is 50.5 Å². The van der Waals surface area contributed by atoms with Gasteiger partial charge in [0, 0.05) is 55.1 Å². The van der Waals surface area contributed by atoms with Crippen LogP contribution in [0.15, 0.2) is 75.8 Å². The minimum absolute atomic E-state index is 0.00131. The molecule has 6 rings (SSSR count). The van der Waals surface area contributed by atoms with Crippen LogP contribution in [0.1, 0.15) is 43.7 Å². The highest BCUT2D eigenvalue weighted by Gasteiger charge is 2.40. The number of H-pyrrole nitrogens is 1. The van der Waals surface area contributed by atoms with Crippen LogP contribution in [0.4, 0.5) is 0 Å². The molecule has 11 heteroatoms. The molecule has 2 aromatic heterocycles. The van der Waals surface area contributed by atoms with Gasteiger partial charge in [-0.2, -0.15) is 0 Å². The zero-order valence-electron chi connectivity index (χ0n) is 25.6. The molecule has 11 nitrogen and oxygen atoms in total. The first-order valence-corrected chi connectivity index (χ1v) is 15.8. The van der Waals surface area contributed by atoms with E-state index in [0.29, 0.717) is 58.8 Å². The largest absolute Gasteiger partial charge is 0.464 e. The maximum absolute atomic E-state index is 14.0. The zero-order chi connectivity index (χ0) is 31.2. The fourth-order valence-corrected chi connectivity index (χ4v) is 6.57. The molecular formula is C34H41N3O8. The highest BCUT2D eigenvalue weighted by Crippen LogP contribution is 2.42. The van der Waals surface area contributed by atoms with Crippen LogP contribution in [0.3, 0.4) is 0 Å². The number of aliphatic hydroxyl groups excluding tert-OH is 1. The molecule has 0 spiro atoms. The van der Waals surface area contributed by atoms with Gasteiger partial charge in [0.05, 0.1) is 43.7 Å². The predicted molar refractivity (Wildman–Crippen MR) is 168 cm³/mol. The minimum atomic E-state index is -0.658. The average molecular weight is 620 g/mol. The van der Waals surface area contributed by atoms with Crippen molar-refractivity contribution in [1.29, 1.82) is 0 Å². The van der Waals surface area contributed by atoms with Crippen LogP contribution >= 0.6 is 0 Å². The summed E-state index contributed by atoms with van der Waals surface area (Å²) in [6.07, 6.45) is 4.97. The normalized spacial score (nSPS) is 20.9. The van der Waals surface area contributed by atoms with E-state index in [2.05, 4.69) is 4.98 Å². The predicted octanol–water partition coefficient (Wildman–Crippen LogP) is 4.33. The average Bonchev–Trinajstić information content (AvgIpc) is 3.65. The fourth-order valence-electron chi connectivity index (χ4n) is 6.57. The highest BCUT2D eigenvalue weighted by atomic mass is 16.7. The van der Waals surface area contributed by atoms with Crippen molar-refractivity contribution in [3.8, 4) is 0 Å². The summed E-state index contributed by atoms with van der Waals surface area (Å²) < 4.78 is 31.3. The third-order valence-electron chi connectivity index (χ3n) is 8.74. The molecule has 1 fully saturated rings. The van der Waals surface area contributed by atoms with Gasteiger partial charge in [-0.1, -0.05) is 30.3 Å². The Kier molecular flexibility index (Phi) is 10.00. The Balaban J connectivity index is 1.21. The maximum Gasteiger partial charge on any atom is 0.326 e. The molecule has 0 bridgehead atoms. The molecule has 2 aromatic carbocycles. The van der Waals surface area contributed by atoms with Gasteiger partial charge in [-0.3, -0.25) is 9.36 Å². The first-order chi connectivity index (χ1) is 22.1. The van der Waals surface area contributed by atoms with E-state index in [1.54, 1.807) is 6.26 Å². The quantitative estimate of drug-likeness (QED) is 0.212. The number of likely N-dealkylation sites (tertiary alicyclic amines) is 1. The van der Waals surface area contributed by atoms with Crippen LogP contribution in [0.5, 0.6) is 0 Å². The molecule has 2 aliphatic heterocycles. The first-order valence-electron chi connectivity index (χ1n) is 15.8. The zero-order valence-corrected chi connectivity index (χ0v) is 25.6. The summed E-state index contributed by atoms with van der Waals surface area (Å²) in [5.74, 6) is -0.270.